The maximum absolute atomic E-state index is 11.6. The number of aromatic nitrogens is 1. The second-order valence-electron chi connectivity index (χ2n) is 5.52. The van der Waals surface area contributed by atoms with E-state index in [4.69, 9.17) is 10.5 Å². The van der Waals surface area contributed by atoms with E-state index in [0.29, 0.717) is 24.2 Å². The molecule has 21 heavy (non-hydrogen) atoms. The summed E-state index contributed by atoms with van der Waals surface area (Å²) >= 11 is 1.36. The Labute approximate surface area is 130 Å². The van der Waals surface area contributed by atoms with Crippen LogP contribution in [-0.2, 0) is 11.3 Å². The number of piperidine rings is 1. The van der Waals surface area contributed by atoms with Gasteiger partial charge in [0.25, 0.3) is 0 Å². The van der Waals surface area contributed by atoms with E-state index in [9.17, 15) is 4.79 Å². The highest BCUT2D eigenvalue weighted by Gasteiger charge is 2.27. The molecule has 2 atom stereocenters. The molecule has 1 saturated heterocycles. The molecule has 0 spiro atoms. The molecule has 1 fully saturated rings. The molecule has 1 aliphatic heterocycles. The summed E-state index contributed by atoms with van der Waals surface area (Å²) in [4.78, 5) is 18.4. The van der Waals surface area contributed by atoms with Crippen molar-refractivity contribution < 1.29 is 9.53 Å². The lowest BCUT2D eigenvalue weighted by Gasteiger charge is -2.38. The molecule has 5 nitrogen and oxygen atoms in total. The largest absolute Gasteiger partial charge is 0.461 e. The van der Waals surface area contributed by atoms with E-state index in [-0.39, 0.29) is 5.97 Å². The molecule has 0 bridgehead atoms. The van der Waals surface area contributed by atoms with Crippen LogP contribution in [0.1, 0.15) is 48.6 Å². The maximum Gasteiger partial charge on any atom is 0.367 e. The van der Waals surface area contributed by atoms with Gasteiger partial charge in [-0.05, 0) is 32.2 Å². The Kier molecular flexibility index (Phi) is 6.14. The van der Waals surface area contributed by atoms with E-state index in [0.717, 1.165) is 24.7 Å². The molecule has 0 aromatic carbocycles. The van der Waals surface area contributed by atoms with Gasteiger partial charge >= 0.3 is 5.97 Å². The second kappa shape index (κ2) is 7.87. The first-order valence-electron chi connectivity index (χ1n) is 7.73. The zero-order valence-corrected chi connectivity index (χ0v) is 13.7. The third-order valence-electron chi connectivity index (χ3n) is 4.16. The van der Waals surface area contributed by atoms with Gasteiger partial charge in [-0.3, -0.25) is 4.90 Å². The first-order valence-corrected chi connectivity index (χ1v) is 8.61. The third kappa shape index (κ3) is 4.25. The predicted octanol–water partition coefficient (Wildman–Crippen LogP) is 2.27. The molecule has 2 heterocycles. The number of likely N-dealkylation sites (tertiary alicyclic amines) is 1. The van der Waals surface area contributed by atoms with Crippen LogP contribution in [0.3, 0.4) is 0 Å². The summed E-state index contributed by atoms with van der Waals surface area (Å²) in [7, 11) is 0. The quantitative estimate of drug-likeness (QED) is 0.816. The minimum atomic E-state index is -0.325. The van der Waals surface area contributed by atoms with Crippen molar-refractivity contribution in [1.82, 2.24) is 9.88 Å². The number of carbonyl (C=O) groups is 1. The Balaban J connectivity index is 1.96. The average molecular weight is 311 g/mol. The Morgan fingerprint density at radius 3 is 3.05 bits per heavy atom. The van der Waals surface area contributed by atoms with Crippen LogP contribution in [0.2, 0.25) is 0 Å². The smallest absolute Gasteiger partial charge is 0.367 e. The second-order valence-corrected chi connectivity index (χ2v) is 6.38. The van der Waals surface area contributed by atoms with Crippen molar-refractivity contribution in [2.45, 2.75) is 45.7 Å². The van der Waals surface area contributed by atoms with Crippen LogP contribution in [0.4, 0.5) is 0 Å². The molecule has 118 valence electrons. The number of rotatable bonds is 6. The highest BCUT2D eigenvalue weighted by molar-refractivity contribution is 7.11. The number of carbonyl (C=O) groups excluding carboxylic acids is 1. The van der Waals surface area contributed by atoms with Crippen molar-refractivity contribution >= 4 is 17.3 Å². The molecule has 6 heteroatoms. The van der Waals surface area contributed by atoms with Gasteiger partial charge < -0.3 is 10.5 Å². The van der Waals surface area contributed by atoms with Gasteiger partial charge in [-0.2, -0.15) is 0 Å². The van der Waals surface area contributed by atoms with Crippen LogP contribution in [0.5, 0.6) is 0 Å². The topological polar surface area (TPSA) is 68.5 Å². The van der Waals surface area contributed by atoms with E-state index in [2.05, 4.69) is 16.8 Å². The first kappa shape index (κ1) is 16.4. The number of nitrogens with zero attached hydrogens (tertiary/aromatic N) is 2. The van der Waals surface area contributed by atoms with Crippen molar-refractivity contribution in [2.24, 2.45) is 11.7 Å². The first-order chi connectivity index (χ1) is 10.2. The third-order valence-corrected chi connectivity index (χ3v) is 5.03. The minimum absolute atomic E-state index is 0.325. The number of nitrogens with two attached hydrogens (primary N) is 1. The van der Waals surface area contributed by atoms with Crippen LogP contribution < -0.4 is 5.73 Å². The van der Waals surface area contributed by atoms with Crippen LogP contribution >= 0.6 is 11.3 Å². The molecule has 2 unspecified atom stereocenters. The molecule has 0 saturated carbocycles. The summed E-state index contributed by atoms with van der Waals surface area (Å²) in [6.07, 6.45) is 3.62. The fourth-order valence-corrected chi connectivity index (χ4v) is 3.58. The summed E-state index contributed by atoms with van der Waals surface area (Å²) in [5.41, 5.74) is 6.86. The van der Waals surface area contributed by atoms with E-state index < -0.39 is 0 Å². The zero-order chi connectivity index (χ0) is 15.2. The fraction of sp³-hybridized carbons (Fsp3) is 0.733. The summed E-state index contributed by atoms with van der Waals surface area (Å²) < 4.78 is 4.98. The molecular weight excluding hydrogens is 286 g/mol. The van der Waals surface area contributed by atoms with Gasteiger partial charge in [0, 0.05) is 24.5 Å². The van der Waals surface area contributed by atoms with Crippen molar-refractivity contribution in [2.75, 3.05) is 19.7 Å². The molecule has 0 aliphatic carbocycles. The average Bonchev–Trinajstić information content (AvgIpc) is 2.96. The number of thiazole rings is 1. The summed E-state index contributed by atoms with van der Waals surface area (Å²) in [5.74, 6) is 0.467. The standard InChI is InChI=1S/C15H25N3O2S/c1-3-11-5-6-18(13(7-11)8-16)9-12-10-21-14(17-12)15(19)20-4-2/h10-11,13H,3-9,16H2,1-2H3. The van der Waals surface area contributed by atoms with Crippen LogP contribution in [0.25, 0.3) is 0 Å². The molecular formula is C15H25N3O2S. The summed E-state index contributed by atoms with van der Waals surface area (Å²) in [6, 6.07) is 0.427. The van der Waals surface area contributed by atoms with Crippen LogP contribution in [0, 0.1) is 5.92 Å². The lowest BCUT2D eigenvalue weighted by atomic mass is 9.89. The number of hydrogen-bond donors (Lipinski definition) is 1. The Hall–Kier alpha value is -0.980. The van der Waals surface area contributed by atoms with Gasteiger partial charge in [-0.1, -0.05) is 13.3 Å². The van der Waals surface area contributed by atoms with E-state index in [1.165, 1.54) is 30.6 Å². The van der Waals surface area contributed by atoms with E-state index in [1.807, 2.05) is 5.38 Å². The highest BCUT2D eigenvalue weighted by Crippen LogP contribution is 2.26. The van der Waals surface area contributed by atoms with Gasteiger partial charge in [0.15, 0.2) is 0 Å². The van der Waals surface area contributed by atoms with Crippen molar-refractivity contribution in [3.8, 4) is 0 Å². The van der Waals surface area contributed by atoms with Gasteiger partial charge in [-0.15, -0.1) is 11.3 Å². The van der Waals surface area contributed by atoms with Gasteiger partial charge in [0.05, 0.1) is 12.3 Å². The van der Waals surface area contributed by atoms with Crippen molar-refractivity contribution in [1.29, 1.82) is 0 Å². The molecule has 2 N–H and O–H groups in total. The number of esters is 1. The zero-order valence-electron chi connectivity index (χ0n) is 12.9. The lowest BCUT2D eigenvalue weighted by molar-refractivity contribution is 0.0525. The normalized spacial score (nSPS) is 23.2. The van der Waals surface area contributed by atoms with E-state index in [1.54, 1.807) is 6.92 Å². The summed E-state index contributed by atoms with van der Waals surface area (Å²) in [5, 5.41) is 2.39. The van der Waals surface area contributed by atoms with Gasteiger partial charge in [0.2, 0.25) is 5.01 Å². The van der Waals surface area contributed by atoms with Crippen molar-refractivity contribution in [3.63, 3.8) is 0 Å². The Morgan fingerprint density at radius 1 is 1.57 bits per heavy atom. The molecule has 0 amide bonds. The molecule has 1 aromatic heterocycles. The van der Waals surface area contributed by atoms with Gasteiger partial charge in [0.1, 0.15) is 0 Å². The highest BCUT2D eigenvalue weighted by atomic mass is 32.1. The number of hydrogen-bond acceptors (Lipinski definition) is 6. The molecule has 1 aromatic rings. The SMILES string of the molecule is CCOC(=O)c1nc(CN2CCC(CC)CC2CN)cs1. The Bertz CT molecular complexity index is 464. The molecule has 1 aliphatic rings. The van der Waals surface area contributed by atoms with Crippen LogP contribution in [-0.4, -0.2) is 41.6 Å². The lowest BCUT2D eigenvalue weighted by Crippen LogP contribution is -2.46. The minimum Gasteiger partial charge on any atom is -0.461 e. The molecule has 0 radical (unpaired) electrons. The van der Waals surface area contributed by atoms with Crippen LogP contribution in [0.15, 0.2) is 5.38 Å². The molecule has 2 rings (SSSR count). The van der Waals surface area contributed by atoms with Crippen molar-refractivity contribution in [3.05, 3.63) is 16.1 Å². The van der Waals surface area contributed by atoms with Gasteiger partial charge in [-0.25, -0.2) is 9.78 Å². The van der Waals surface area contributed by atoms with E-state index >= 15 is 0 Å². The predicted molar refractivity (Wildman–Crippen MR) is 84.3 cm³/mol. The monoisotopic (exact) mass is 311 g/mol. The maximum atomic E-state index is 11.6. The Morgan fingerprint density at radius 2 is 2.38 bits per heavy atom. The summed E-state index contributed by atoms with van der Waals surface area (Å²) in [6.45, 7) is 6.95. The number of ether oxygens (including phenoxy) is 1. The fourth-order valence-electron chi connectivity index (χ4n) is 2.88.